The molecule has 1 heterocycles. The van der Waals surface area contributed by atoms with Crippen LogP contribution in [0.5, 0.6) is 0 Å². The molecule has 0 bridgehead atoms. The van der Waals surface area contributed by atoms with E-state index in [-0.39, 0.29) is 5.56 Å². The van der Waals surface area contributed by atoms with E-state index in [0.29, 0.717) is 16.1 Å². The molecule has 0 aliphatic rings. The zero-order valence-electron chi connectivity index (χ0n) is 14.1. The molecule has 3 rings (SSSR count). The van der Waals surface area contributed by atoms with Crippen molar-refractivity contribution in [1.82, 2.24) is 26.3 Å². The third-order valence-electron chi connectivity index (χ3n) is 3.55. The van der Waals surface area contributed by atoms with Crippen LogP contribution in [0.15, 0.2) is 42.5 Å². The summed E-state index contributed by atoms with van der Waals surface area (Å²) in [5.74, 6) is -0.638. The van der Waals surface area contributed by atoms with Crippen LogP contribution in [0.3, 0.4) is 0 Å². The molecule has 144 valence electrons. The maximum Gasteiger partial charge on any atom is 0.357 e. The monoisotopic (exact) mass is 401 g/mol. The first kappa shape index (κ1) is 18.9. The molecule has 12 heteroatoms. The highest BCUT2D eigenvalue weighted by atomic mass is 32.1. The number of nitrogens with one attached hydrogen (secondary N) is 7. The molecule has 11 nitrogen and oxygen atoms in total. The topological polar surface area (TPSA) is 163 Å². The Kier molecular flexibility index (Phi) is 5.53. The van der Waals surface area contributed by atoms with Crippen molar-refractivity contribution in [3.8, 4) is 0 Å². The van der Waals surface area contributed by atoms with Gasteiger partial charge in [-0.1, -0.05) is 6.07 Å². The summed E-state index contributed by atoms with van der Waals surface area (Å²) in [4.78, 5) is 40.9. The van der Waals surface area contributed by atoms with E-state index in [1.54, 1.807) is 30.3 Å². The quantitative estimate of drug-likeness (QED) is 0.191. The maximum absolute atomic E-state index is 12.2. The molecule has 0 aliphatic carbocycles. The predicted molar refractivity (Wildman–Crippen MR) is 103 cm³/mol. The molecule has 0 radical (unpaired) electrons. The third kappa shape index (κ3) is 4.63. The molecule has 0 saturated heterocycles. The van der Waals surface area contributed by atoms with Crippen LogP contribution in [0.1, 0.15) is 10.4 Å². The number of imidazole rings is 1. The number of carbonyl (C=O) groups is 3. The lowest BCUT2D eigenvalue weighted by Gasteiger charge is -2.10. The Morgan fingerprint density at radius 1 is 0.857 bits per heavy atom. The Bertz CT molecular complexity index is 1110. The standard InChI is InChI=1S/C16H15N7O4S/c24-13(21-22-15(26)23-27)8-2-1-3-9(6-8)17-14(25)18-10-4-5-11-12(7-10)20-16(28)19-11/h1-7,27H,(H,21,24)(H2,17,18,25)(H2,19,20,28)(H2,22,23,26). The normalized spacial score (nSPS) is 10.2. The number of anilines is 2. The van der Waals surface area contributed by atoms with Gasteiger partial charge in [-0.3, -0.25) is 15.4 Å². The highest BCUT2D eigenvalue weighted by Gasteiger charge is 2.09. The van der Waals surface area contributed by atoms with E-state index in [1.807, 2.05) is 5.43 Å². The zero-order valence-corrected chi connectivity index (χ0v) is 14.9. The van der Waals surface area contributed by atoms with Crippen LogP contribution in [0.25, 0.3) is 11.0 Å². The second-order valence-corrected chi connectivity index (χ2v) is 5.93. The van der Waals surface area contributed by atoms with E-state index in [1.165, 1.54) is 17.6 Å². The van der Waals surface area contributed by atoms with Gasteiger partial charge in [-0.05, 0) is 48.6 Å². The van der Waals surface area contributed by atoms with Crippen molar-refractivity contribution >= 4 is 52.6 Å². The first-order chi connectivity index (χ1) is 13.4. The second-order valence-electron chi connectivity index (χ2n) is 5.52. The van der Waals surface area contributed by atoms with Crippen LogP contribution >= 0.6 is 12.2 Å². The Balaban J connectivity index is 1.63. The zero-order chi connectivity index (χ0) is 20.1. The Hall–Kier alpha value is -3.90. The van der Waals surface area contributed by atoms with Gasteiger partial charge in [0.2, 0.25) is 0 Å². The summed E-state index contributed by atoms with van der Waals surface area (Å²) in [5.41, 5.74) is 7.97. The van der Waals surface area contributed by atoms with Gasteiger partial charge in [0.15, 0.2) is 4.77 Å². The van der Waals surface area contributed by atoms with Crippen LogP contribution in [0.2, 0.25) is 0 Å². The minimum atomic E-state index is -0.998. The lowest BCUT2D eigenvalue weighted by atomic mass is 10.2. The SMILES string of the molecule is O=C(NO)NNC(=O)c1cccc(NC(=O)Nc2ccc3[nH]c(=S)[nH]c3c2)c1. The number of benzene rings is 2. The number of hydrogen-bond acceptors (Lipinski definition) is 5. The van der Waals surface area contributed by atoms with Crippen LogP contribution in [0, 0.1) is 4.77 Å². The average molecular weight is 401 g/mol. The summed E-state index contributed by atoms with van der Waals surface area (Å²) < 4.78 is 0.484. The van der Waals surface area contributed by atoms with Crippen molar-refractivity contribution in [3.05, 3.63) is 52.8 Å². The molecule has 2 aromatic carbocycles. The van der Waals surface area contributed by atoms with E-state index < -0.39 is 18.0 Å². The maximum atomic E-state index is 12.2. The second kappa shape index (κ2) is 8.20. The number of hydroxylamine groups is 1. The summed E-state index contributed by atoms with van der Waals surface area (Å²) in [5, 5.41) is 13.6. The molecule has 0 spiro atoms. The number of hydrogen-bond donors (Lipinski definition) is 8. The fraction of sp³-hybridized carbons (Fsp3) is 0. The molecule has 0 aliphatic heterocycles. The smallest absolute Gasteiger partial charge is 0.331 e. The molecule has 0 fully saturated rings. The van der Waals surface area contributed by atoms with Crippen LogP contribution < -0.4 is 27.0 Å². The molecular formula is C16H15N7O4S. The lowest BCUT2D eigenvalue weighted by molar-refractivity contribution is 0.0927. The number of amides is 5. The Labute approximate surface area is 162 Å². The molecule has 5 amide bonds. The first-order valence-electron chi connectivity index (χ1n) is 7.85. The number of aromatic amines is 2. The molecular weight excluding hydrogens is 386 g/mol. The van der Waals surface area contributed by atoms with Gasteiger partial charge in [0, 0.05) is 16.9 Å². The molecule has 0 atom stereocenters. The number of carbonyl (C=O) groups excluding carboxylic acids is 3. The molecule has 28 heavy (non-hydrogen) atoms. The molecule has 0 saturated carbocycles. The highest BCUT2D eigenvalue weighted by Crippen LogP contribution is 2.17. The van der Waals surface area contributed by atoms with Crippen molar-refractivity contribution in [2.45, 2.75) is 0 Å². The molecule has 8 N–H and O–H groups in total. The largest absolute Gasteiger partial charge is 0.357 e. The summed E-state index contributed by atoms with van der Waals surface area (Å²) in [6.07, 6.45) is 0. The van der Waals surface area contributed by atoms with Crippen LogP contribution in [0.4, 0.5) is 21.0 Å². The van der Waals surface area contributed by atoms with Gasteiger partial charge < -0.3 is 20.6 Å². The molecule has 0 unspecified atom stereocenters. The Morgan fingerprint density at radius 2 is 1.57 bits per heavy atom. The van der Waals surface area contributed by atoms with Gasteiger partial charge in [-0.2, -0.15) is 0 Å². The van der Waals surface area contributed by atoms with Crippen LogP contribution in [-0.2, 0) is 0 Å². The van der Waals surface area contributed by atoms with Gasteiger partial charge in [-0.15, -0.1) is 0 Å². The van der Waals surface area contributed by atoms with Gasteiger partial charge in [0.05, 0.1) is 11.0 Å². The van der Waals surface area contributed by atoms with Crippen LogP contribution in [-0.4, -0.2) is 33.1 Å². The van der Waals surface area contributed by atoms with E-state index >= 15 is 0 Å². The van der Waals surface area contributed by atoms with E-state index in [0.717, 1.165) is 11.0 Å². The highest BCUT2D eigenvalue weighted by molar-refractivity contribution is 7.71. The summed E-state index contributed by atoms with van der Waals surface area (Å²) >= 11 is 5.02. The van der Waals surface area contributed by atoms with Crippen molar-refractivity contribution in [2.24, 2.45) is 0 Å². The van der Waals surface area contributed by atoms with E-state index in [4.69, 9.17) is 17.4 Å². The molecule has 3 aromatic rings. The summed E-state index contributed by atoms with van der Waals surface area (Å²) in [6.45, 7) is 0. The van der Waals surface area contributed by atoms with Gasteiger partial charge in [0.1, 0.15) is 0 Å². The van der Waals surface area contributed by atoms with Crippen molar-refractivity contribution in [1.29, 1.82) is 0 Å². The first-order valence-corrected chi connectivity index (χ1v) is 8.26. The lowest BCUT2D eigenvalue weighted by Crippen LogP contribution is -2.46. The Morgan fingerprint density at radius 3 is 2.32 bits per heavy atom. The fourth-order valence-electron chi connectivity index (χ4n) is 2.36. The third-order valence-corrected chi connectivity index (χ3v) is 3.75. The summed E-state index contributed by atoms with van der Waals surface area (Å²) in [7, 11) is 0. The van der Waals surface area contributed by atoms with Gasteiger partial charge in [0.25, 0.3) is 5.91 Å². The number of hydrazine groups is 1. The number of fused-ring (bicyclic) bond motifs is 1. The molecule has 1 aromatic heterocycles. The van der Waals surface area contributed by atoms with Crippen molar-refractivity contribution in [2.75, 3.05) is 10.6 Å². The minimum absolute atomic E-state index is 0.178. The summed E-state index contributed by atoms with van der Waals surface area (Å²) in [6, 6.07) is 9.76. The van der Waals surface area contributed by atoms with Gasteiger partial charge in [-0.25, -0.2) is 20.5 Å². The van der Waals surface area contributed by atoms with Gasteiger partial charge >= 0.3 is 12.1 Å². The number of H-pyrrole nitrogens is 2. The minimum Gasteiger partial charge on any atom is -0.331 e. The van der Waals surface area contributed by atoms with Crippen molar-refractivity contribution in [3.63, 3.8) is 0 Å². The number of aromatic nitrogens is 2. The van der Waals surface area contributed by atoms with E-state index in [9.17, 15) is 14.4 Å². The predicted octanol–water partition coefficient (Wildman–Crippen LogP) is 2.20. The average Bonchev–Trinajstić information content (AvgIpc) is 3.05. The van der Waals surface area contributed by atoms with Crippen molar-refractivity contribution < 1.29 is 19.6 Å². The number of rotatable bonds is 3. The number of urea groups is 2. The van der Waals surface area contributed by atoms with E-state index in [2.05, 4.69) is 26.0 Å². The fourth-order valence-corrected chi connectivity index (χ4v) is 2.58.